The average Bonchev–Trinajstić information content (AvgIpc) is 2.37. The van der Waals surface area contributed by atoms with E-state index < -0.39 is 0 Å². The van der Waals surface area contributed by atoms with Gasteiger partial charge in [-0.1, -0.05) is 0 Å². The molecule has 1 aliphatic rings. The van der Waals surface area contributed by atoms with Crippen LogP contribution in [-0.4, -0.2) is 24.6 Å². The van der Waals surface area contributed by atoms with Gasteiger partial charge in [-0.25, -0.2) is 4.98 Å². The first-order valence-electron chi connectivity index (χ1n) is 6.53. The van der Waals surface area contributed by atoms with Gasteiger partial charge in [0.15, 0.2) is 0 Å². The zero-order chi connectivity index (χ0) is 13.0. The van der Waals surface area contributed by atoms with Gasteiger partial charge in [0.25, 0.3) is 0 Å². The Bertz CT molecular complexity index is 456. The lowest BCUT2D eigenvalue weighted by Gasteiger charge is -2.23. The molecule has 1 saturated heterocycles. The molecule has 0 aromatic carbocycles. The number of nitrogens with one attached hydrogen (secondary N) is 2. The number of pyridine rings is 1. The summed E-state index contributed by atoms with van der Waals surface area (Å²) in [6, 6.07) is 4.19. The number of nitriles is 1. The minimum absolute atomic E-state index is 0.632. The molecule has 1 aromatic rings. The van der Waals surface area contributed by atoms with Crippen molar-refractivity contribution < 1.29 is 0 Å². The van der Waals surface area contributed by atoms with E-state index in [1.807, 2.05) is 19.9 Å². The van der Waals surface area contributed by atoms with Crippen molar-refractivity contribution in [2.45, 2.75) is 26.7 Å². The largest absolute Gasteiger partial charge is 0.369 e. The summed E-state index contributed by atoms with van der Waals surface area (Å²) in [5, 5.41) is 15.9. The number of hydrogen-bond donors (Lipinski definition) is 2. The summed E-state index contributed by atoms with van der Waals surface area (Å²) in [6.45, 7) is 6.99. The number of hydrogen-bond acceptors (Lipinski definition) is 4. The van der Waals surface area contributed by atoms with Crippen molar-refractivity contribution in [2.75, 3.05) is 25.0 Å². The van der Waals surface area contributed by atoms with Crippen molar-refractivity contribution in [3.63, 3.8) is 0 Å². The van der Waals surface area contributed by atoms with E-state index in [1.165, 1.54) is 12.8 Å². The number of aryl methyl sites for hydroxylation is 2. The first kappa shape index (κ1) is 12.8. The SMILES string of the molecule is Cc1cc(C)c(C#N)c(NCC2CCCNC2)n1. The van der Waals surface area contributed by atoms with Gasteiger partial charge in [-0.2, -0.15) is 5.26 Å². The molecule has 4 nitrogen and oxygen atoms in total. The highest BCUT2D eigenvalue weighted by Gasteiger charge is 2.14. The second-order valence-corrected chi connectivity index (χ2v) is 5.01. The first-order valence-corrected chi connectivity index (χ1v) is 6.53. The van der Waals surface area contributed by atoms with Crippen LogP contribution in [0.5, 0.6) is 0 Å². The van der Waals surface area contributed by atoms with Gasteiger partial charge in [0.1, 0.15) is 11.9 Å². The van der Waals surface area contributed by atoms with E-state index in [2.05, 4.69) is 21.7 Å². The summed E-state index contributed by atoms with van der Waals surface area (Å²) in [7, 11) is 0. The average molecular weight is 244 g/mol. The Kier molecular flexibility index (Phi) is 4.16. The minimum atomic E-state index is 0.632. The molecule has 0 amide bonds. The van der Waals surface area contributed by atoms with Crippen molar-refractivity contribution in [3.05, 3.63) is 22.9 Å². The molecule has 0 saturated carbocycles. The van der Waals surface area contributed by atoms with E-state index in [-0.39, 0.29) is 0 Å². The lowest BCUT2D eigenvalue weighted by molar-refractivity contribution is 0.392. The molecule has 2 rings (SSSR count). The molecule has 0 spiro atoms. The predicted molar refractivity (Wildman–Crippen MR) is 72.5 cm³/mol. The van der Waals surface area contributed by atoms with Crippen LogP contribution in [0.3, 0.4) is 0 Å². The summed E-state index contributed by atoms with van der Waals surface area (Å²) in [4.78, 5) is 4.44. The molecular formula is C14H20N4. The molecule has 1 aliphatic heterocycles. The fourth-order valence-electron chi connectivity index (χ4n) is 2.45. The Labute approximate surface area is 108 Å². The Morgan fingerprint density at radius 3 is 3.06 bits per heavy atom. The van der Waals surface area contributed by atoms with Gasteiger partial charge in [0, 0.05) is 12.2 Å². The van der Waals surface area contributed by atoms with Crippen LogP contribution < -0.4 is 10.6 Å². The maximum absolute atomic E-state index is 9.18. The quantitative estimate of drug-likeness (QED) is 0.853. The molecule has 1 unspecified atom stereocenters. The summed E-state index contributed by atoms with van der Waals surface area (Å²) in [5.74, 6) is 1.37. The topological polar surface area (TPSA) is 60.7 Å². The Morgan fingerprint density at radius 2 is 2.39 bits per heavy atom. The highest BCUT2D eigenvalue weighted by molar-refractivity contribution is 5.56. The maximum atomic E-state index is 9.18. The van der Waals surface area contributed by atoms with E-state index in [1.54, 1.807) is 0 Å². The normalized spacial score (nSPS) is 19.3. The Morgan fingerprint density at radius 1 is 1.56 bits per heavy atom. The molecule has 0 radical (unpaired) electrons. The van der Waals surface area contributed by atoms with Crippen LogP contribution in [-0.2, 0) is 0 Å². The zero-order valence-electron chi connectivity index (χ0n) is 11.1. The third-order valence-electron chi connectivity index (χ3n) is 3.41. The second-order valence-electron chi connectivity index (χ2n) is 5.01. The van der Waals surface area contributed by atoms with Crippen molar-refractivity contribution in [2.24, 2.45) is 5.92 Å². The third-order valence-corrected chi connectivity index (χ3v) is 3.41. The van der Waals surface area contributed by atoms with Gasteiger partial charge in [-0.15, -0.1) is 0 Å². The van der Waals surface area contributed by atoms with Gasteiger partial charge in [0.05, 0.1) is 5.56 Å². The smallest absolute Gasteiger partial charge is 0.144 e. The van der Waals surface area contributed by atoms with Crippen LogP contribution in [0.1, 0.15) is 29.7 Å². The van der Waals surface area contributed by atoms with Gasteiger partial charge in [-0.3, -0.25) is 0 Å². The van der Waals surface area contributed by atoms with Crippen molar-refractivity contribution in [1.82, 2.24) is 10.3 Å². The minimum Gasteiger partial charge on any atom is -0.369 e. The van der Waals surface area contributed by atoms with Crippen LogP contribution in [0.2, 0.25) is 0 Å². The lowest BCUT2D eigenvalue weighted by atomic mass is 9.99. The maximum Gasteiger partial charge on any atom is 0.144 e. The molecule has 96 valence electrons. The molecule has 2 heterocycles. The van der Waals surface area contributed by atoms with Crippen molar-refractivity contribution in [3.8, 4) is 6.07 Å². The molecule has 0 bridgehead atoms. The summed E-state index contributed by atoms with van der Waals surface area (Å²) < 4.78 is 0. The number of rotatable bonds is 3. The first-order chi connectivity index (χ1) is 8.70. The molecule has 1 fully saturated rings. The van der Waals surface area contributed by atoms with E-state index in [0.717, 1.165) is 36.7 Å². The molecule has 1 aromatic heterocycles. The monoisotopic (exact) mass is 244 g/mol. The molecule has 18 heavy (non-hydrogen) atoms. The fraction of sp³-hybridized carbons (Fsp3) is 0.571. The standard InChI is InChI=1S/C14H20N4/c1-10-6-11(2)18-14(13(10)7-15)17-9-12-4-3-5-16-8-12/h6,12,16H,3-5,8-9H2,1-2H3,(H,17,18). The van der Waals surface area contributed by atoms with E-state index in [4.69, 9.17) is 0 Å². The van der Waals surface area contributed by atoms with Crippen molar-refractivity contribution in [1.29, 1.82) is 5.26 Å². The van der Waals surface area contributed by atoms with Crippen molar-refractivity contribution >= 4 is 5.82 Å². The van der Waals surface area contributed by atoms with Gasteiger partial charge < -0.3 is 10.6 Å². The Hall–Kier alpha value is -1.60. The highest BCUT2D eigenvalue weighted by Crippen LogP contribution is 2.19. The van der Waals surface area contributed by atoms with E-state index in [9.17, 15) is 5.26 Å². The number of anilines is 1. The molecule has 4 heteroatoms. The zero-order valence-corrected chi connectivity index (χ0v) is 11.1. The fourth-order valence-corrected chi connectivity index (χ4v) is 2.45. The summed E-state index contributed by atoms with van der Waals surface area (Å²) >= 11 is 0. The predicted octanol–water partition coefficient (Wildman–Crippen LogP) is 1.98. The molecule has 2 N–H and O–H groups in total. The summed E-state index contributed by atoms with van der Waals surface area (Å²) in [5.41, 5.74) is 2.62. The molecule has 1 atom stereocenters. The number of piperidine rings is 1. The van der Waals surface area contributed by atoms with Crippen LogP contribution >= 0.6 is 0 Å². The highest BCUT2D eigenvalue weighted by atomic mass is 15.0. The van der Waals surface area contributed by atoms with Gasteiger partial charge in [-0.05, 0) is 57.3 Å². The Balaban J connectivity index is 2.06. The lowest BCUT2D eigenvalue weighted by Crippen LogP contribution is -2.33. The second kappa shape index (κ2) is 5.83. The number of aromatic nitrogens is 1. The molecule has 0 aliphatic carbocycles. The van der Waals surface area contributed by atoms with Crippen LogP contribution in [0.25, 0.3) is 0 Å². The van der Waals surface area contributed by atoms with Crippen LogP contribution in [0.15, 0.2) is 6.07 Å². The summed E-state index contributed by atoms with van der Waals surface area (Å²) in [6.07, 6.45) is 2.48. The van der Waals surface area contributed by atoms with E-state index in [0.29, 0.717) is 11.5 Å². The number of nitrogens with zero attached hydrogens (tertiary/aromatic N) is 2. The van der Waals surface area contributed by atoms with Crippen LogP contribution in [0, 0.1) is 31.1 Å². The third kappa shape index (κ3) is 2.99. The van der Waals surface area contributed by atoms with Gasteiger partial charge in [0.2, 0.25) is 0 Å². The molecular weight excluding hydrogens is 224 g/mol. The van der Waals surface area contributed by atoms with E-state index >= 15 is 0 Å². The van der Waals surface area contributed by atoms with Gasteiger partial charge >= 0.3 is 0 Å². The van der Waals surface area contributed by atoms with Crippen LogP contribution in [0.4, 0.5) is 5.82 Å².